The molecule has 0 saturated carbocycles. The number of amides is 1. The van der Waals surface area contributed by atoms with E-state index in [0.29, 0.717) is 10.6 Å². The Morgan fingerprint density at radius 1 is 1.60 bits per heavy atom. The normalized spacial score (nSPS) is 21.1. The predicted octanol–water partition coefficient (Wildman–Crippen LogP) is 1.30. The standard InChI is InChI=1S/C9H8ClFN2O2/c10-6-3-5(1-2-7(6)11)9-12-4-8(14)13(9)15/h1-3,9,12,15H,4H2. The van der Waals surface area contributed by atoms with E-state index in [1.807, 2.05) is 0 Å². The van der Waals surface area contributed by atoms with Crippen LogP contribution in [0.25, 0.3) is 0 Å². The predicted molar refractivity (Wildman–Crippen MR) is 50.8 cm³/mol. The second-order valence-electron chi connectivity index (χ2n) is 3.20. The van der Waals surface area contributed by atoms with Crippen LogP contribution in [0.4, 0.5) is 4.39 Å². The first-order chi connectivity index (χ1) is 7.09. The zero-order valence-corrected chi connectivity index (χ0v) is 8.33. The number of benzene rings is 1. The molecule has 1 atom stereocenters. The summed E-state index contributed by atoms with van der Waals surface area (Å²) in [7, 11) is 0. The summed E-state index contributed by atoms with van der Waals surface area (Å²) in [6.45, 7) is 0.0517. The number of hydroxylamine groups is 2. The average Bonchev–Trinajstić information content (AvgIpc) is 2.53. The van der Waals surface area contributed by atoms with Gasteiger partial charge in [-0.3, -0.25) is 15.3 Å². The highest BCUT2D eigenvalue weighted by atomic mass is 35.5. The molecule has 15 heavy (non-hydrogen) atoms. The molecule has 80 valence electrons. The highest BCUT2D eigenvalue weighted by Crippen LogP contribution is 2.24. The van der Waals surface area contributed by atoms with Gasteiger partial charge in [0.15, 0.2) is 0 Å². The van der Waals surface area contributed by atoms with Gasteiger partial charge < -0.3 is 0 Å². The fraction of sp³-hybridized carbons (Fsp3) is 0.222. The van der Waals surface area contributed by atoms with E-state index in [1.165, 1.54) is 18.2 Å². The van der Waals surface area contributed by atoms with Gasteiger partial charge in [-0.1, -0.05) is 17.7 Å². The molecule has 0 aromatic heterocycles. The summed E-state index contributed by atoms with van der Waals surface area (Å²) in [6.07, 6.45) is -0.657. The molecule has 1 aromatic carbocycles. The van der Waals surface area contributed by atoms with E-state index in [-0.39, 0.29) is 11.6 Å². The summed E-state index contributed by atoms with van der Waals surface area (Å²) in [5.41, 5.74) is 0.537. The van der Waals surface area contributed by atoms with E-state index in [0.717, 1.165) is 0 Å². The van der Waals surface area contributed by atoms with Crippen LogP contribution in [0.3, 0.4) is 0 Å². The molecule has 2 rings (SSSR count). The van der Waals surface area contributed by atoms with Gasteiger partial charge in [-0.05, 0) is 17.7 Å². The Balaban J connectivity index is 2.30. The number of carbonyl (C=O) groups is 1. The van der Waals surface area contributed by atoms with Gasteiger partial charge in [0.25, 0.3) is 5.91 Å². The fourth-order valence-corrected chi connectivity index (χ4v) is 1.63. The lowest BCUT2D eigenvalue weighted by molar-refractivity contribution is -0.165. The van der Waals surface area contributed by atoms with Crippen LogP contribution >= 0.6 is 11.6 Å². The molecule has 2 N–H and O–H groups in total. The first kappa shape index (κ1) is 10.4. The van der Waals surface area contributed by atoms with Crippen molar-refractivity contribution in [1.82, 2.24) is 10.4 Å². The zero-order chi connectivity index (χ0) is 11.0. The number of hydrogen-bond acceptors (Lipinski definition) is 3. The minimum absolute atomic E-state index is 0.0398. The Hall–Kier alpha value is -1.17. The molecule has 1 fully saturated rings. The average molecular weight is 231 g/mol. The molecule has 1 saturated heterocycles. The third kappa shape index (κ3) is 1.81. The summed E-state index contributed by atoms with van der Waals surface area (Å²) in [4.78, 5) is 11.0. The summed E-state index contributed by atoms with van der Waals surface area (Å²) in [6, 6.07) is 4.02. The Kier molecular flexibility index (Phi) is 2.60. The fourth-order valence-electron chi connectivity index (χ4n) is 1.44. The second kappa shape index (κ2) is 3.77. The number of hydrogen-bond donors (Lipinski definition) is 2. The lowest BCUT2D eigenvalue weighted by Gasteiger charge is -2.17. The second-order valence-corrected chi connectivity index (χ2v) is 3.60. The Bertz CT molecular complexity index is 413. The zero-order valence-electron chi connectivity index (χ0n) is 7.58. The van der Waals surface area contributed by atoms with E-state index in [1.54, 1.807) is 0 Å². The number of nitrogens with zero attached hydrogens (tertiary/aromatic N) is 1. The van der Waals surface area contributed by atoms with E-state index in [2.05, 4.69) is 5.32 Å². The van der Waals surface area contributed by atoms with E-state index >= 15 is 0 Å². The Labute approximate surface area is 90.2 Å². The summed E-state index contributed by atoms with van der Waals surface area (Å²) in [5, 5.41) is 12.7. The van der Waals surface area contributed by atoms with Gasteiger partial charge in [-0.15, -0.1) is 0 Å². The molecule has 1 aromatic rings. The monoisotopic (exact) mass is 230 g/mol. The molecule has 1 amide bonds. The van der Waals surface area contributed by atoms with Crippen LogP contribution in [0.1, 0.15) is 11.7 Å². The Morgan fingerprint density at radius 2 is 2.33 bits per heavy atom. The van der Waals surface area contributed by atoms with Crippen molar-refractivity contribution in [3.63, 3.8) is 0 Å². The van der Waals surface area contributed by atoms with Gasteiger partial charge in [0.2, 0.25) is 0 Å². The molecule has 6 heteroatoms. The topological polar surface area (TPSA) is 52.6 Å². The van der Waals surface area contributed by atoms with Crippen molar-refractivity contribution in [3.8, 4) is 0 Å². The molecule has 1 heterocycles. The molecule has 1 aliphatic rings. The van der Waals surface area contributed by atoms with E-state index in [9.17, 15) is 14.4 Å². The minimum Gasteiger partial charge on any atom is -0.284 e. The van der Waals surface area contributed by atoms with Crippen LogP contribution in [0.5, 0.6) is 0 Å². The van der Waals surface area contributed by atoms with Crippen LogP contribution in [0.2, 0.25) is 5.02 Å². The van der Waals surface area contributed by atoms with Crippen molar-refractivity contribution in [2.45, 2.75) is 6.17 Å². The van der Waals surface area contributed by atoms with Crippen molar-refractivity contribution in [3.05, 3.63) is 34.6 Å². The maximum atomic E-state index is 12.9. The van der Waals surface area contributed by atoms with Gasteiger partial charge >= 0.3 is 0 Å². The number of halogens is 2. The Morgan fingerprint density at radius 3 is 2.87 bits per heavy atom. The van der Waals surface area contributed by atoms with Crippen LogP contribution < -0.4 is 5.32 Å². The molecule has 0 radical (unpaired) electrons. The van der Waals surface area contributed by atoms with Gasteiger partial charge in [-0.2, -0.15) is 0 Å². The van der Waals surface area contributed by atoms with Crippen molar-refractivity contribution < 1.29 is 14.4 Å². The molecule has 1 unspecified atom stereocenters. The van der Waals surface area contributed by atoms with Crippen molar-refractivity contribution in [2.24, 2.45) is 0 Å². The molecule has 4 nitrogen and oxygen atoms in total. The first-order valence-electron chi connectivity index (χ1n) is 4.29. The minimum atomic E-state index is -0.657. The third-order valence-electron chi connectivity index (χ3n) is 2.21. The highest BCUT2D eigenvalue weighted by Gasteiger charge is 2.30. The quantitative estimate of drug-likeness (QED) is 0.715. The molecule has 1 aliphatic heterocycles. The van der Waals surface area contributed by atoms with Crippen LogP contribution in [0, 0.1) is 5.82 Å². The molecule has 0 aliphatic carbocycles. The molecular weight excluding hydrogens is 223 g/mol. The van der Waals surface area contributed by atoms with Crippen molar-refractivity contribution >= 4 is 17.5 Å². The molecule has 0 bridgehead atoms. The van der Waals surface area contributed by atoms with Gasteiger partial charge in [0, 0.05) is 0 Å². The van der Waals surface area contributed by atoms with Gasteiger partial charge in [0.1, 0.15) is 12.0 Å². The maximum absolute atomic E-state index is 12.9. The molecular formula is C9H8ClFN2O2. The van der Waals surface area contributed by atoms with Crippen molar-refractivity contribution in [1.29, 1.82) is 0 Å². The largest absolute Gasteiger partial charge is 0.284 e. The third-order valence-corrected chi connectivity index (χ3v) is 2.50. The van der Waals surface area contributed by atoms with Crippen molar-refractivity contribution in [2.75, 3.05) is 6.54 Å². The SMILES string of the molecule is O=C1CNC(c2ccc(F)c(Cl)c2)N1O. The highest BCUT2D eigenvalue weighted by molar-refractivity contribution is 6.30. The smallest absolute Gasteiger partial charge is 0.261 e. The first-order valence-corrected chi connectivity index (χ1v) is 4.66. The number of rotatable bonds is 1. The summed E-state index contributed by atoms with van der Waals surface area (Å²) >= 11 is 5.59. The van der Waals surface area contributed by atoms with Gasteiger partial charge in [-0.25, -0.2) is 9.45 Å². The van der Waals surface area contributed by atoms with E-state index < -0.39 is 17.9 Å². The molecule has 0 spiro atoms. The van der Waals surface area contributed by atoms with Crippen LogP contribution in [-0.2, 0) is 4.79 Å². The lowest BCUT2D eigenvalue weighted by Crippen LogP contribution is -2.26. The summed E-state index contributed by atoms with van der Waals surface area (Å²) < 4.78 is 12.9. The number of carbonyl (C=O) groups excluding carboxylic acids is 1. The van der Waals surface area contributed by atoms with Crippen LogP contribution in [-0.4, -0.2) is 22.7 Å². The van der Waals surface area contributed by atoms with Crippen LogP contribution in [0.15, 0.2) is 18.2 Å². The van der Waals surface area contributed by atoms with Gasteiger partial charge in [0.05, 0.1) is 11.6 Å². The number of nitrogens with one attached hydrogen (secondary N) is 1. The maximum Gasteiger partial charge on any atom is 0.261 e. The lowest BCUT2D eigenvalue weighted by atomic mass is 10.2. The summed E-state index contributed by atoms with van der Waals surface area (Å²) in [5.74, 6) is -0.963. The van der Waals surface area contributed by atoms with E-state index in [4.69, 9.17) is 11.6 Å².